The summed E-state index contributed by atoms with van der Waals surface area (Å²) < 4.78 is 9.69. The van der Waals surface area contributed by atoms with E-state index in [2.05, 4.69) is 18.6 Å². The van der Waals surface area contributed by atoms with Gasteiger partial charge >= 0.3 is 11.9 Å². The molecule has 0 aromatic rings. The van der Waals surface area contributed by atoms with Gasteiger partial charge in [-0.25, -0.2) is 4.79 Å². The van der Waals surface area contributed by atoms with Crippen molar-refractivity contribution in [3.8, 4) is 0 Å². The molecule has 0 spiro atoms. The average molecular weight is 386 g/mol. The molecule has 3 atom stereocenters. The third-order valence-corrected chi connectivity index (χ3v) is 4.74. The van der Waals surface area contributed by atoms with Gasteiger partial charge in [0.1, 0.15) is 6.10 Å². The minimum atomic E-state index is -1.47. The average Bonchev–Trinajstić information content (AvgIpc) is 2.90. The number of Topliss-reactive ketones (excluding diaryl/α,β-unsaturated/α-hetero) is 1. The molecule has 1 unspecified atom stereocenters. The molecular formula is C20H34O7. The lowest BCUT2D eigenvalue weighted by molar-refractivity contribution is -0.160. The van der Waals surface area contributed by atoms with Gasteiger partial charge in [-0.05, 0) is 12.3 Å². The van der Waals surface area contributed by atoms with Gasteiger partial charge in [0.25, 0.3) is 5.78 Å². The van der Waals surface area contributed by atoms with Crippen molar-refractivity contribution in [2.24, 2.45) is 5.92 Å². The predicted molar refractivity (Wildman–Crippen MR) is 98.9 cm³/mol. The second kappa shape index (κ2) is 12.8. The highest BCUT2D eigenvalue weighted by molar-refractivity contribution is 6.37. The largest absolute Gasteiger partial charge is 0.450 e. The van der Waals surface area contributed by atoms with Crippen LogP contribution >= 0.6 is 0 Å². The van der Waals surface area contributed by atoms with Crippen LogP contribution in [0, 0.1) is 5.92 Å². The maximum atomic E-state index is 11.9. The molecule has 1 aliphatic rings. The van der Waals surface area contributed by atoms with Gasteiger partial charge in [-0.15, -0.1) is 0 Å². The molecule has 1 saturated heterocycles. The molecule has 2 N–H and O–H groups in total. The van der Waals surface area contributed by atoms with Crippen LogP contribution in [0.4, 0.5) is 0 Å². The fraction of sp³-hybridized carbons (Fsp3) is 0.850. The van der Waals surface area contributed by atoms with Gasteiger partial charge in [0.2, 0.25) is 6.10 Å². The Labute approximate surface area is 161 Å². The van der Waals surface area contributed by atoms with E-state index in [9.17, 15) is 19.5 Å². The van der Waals surface area contributed by atoms with Gasteiger partial charge in [0.05, 0.1) is 6.61 Å². The lowest BCUT2D eigenvalue weighted by Crippen LogP contribution is -2.41. The number of hydrogen-bond donors (Lipinski definition) is 2. The molecule has 156 valence electrons. The van der Waals surface area contributed by atoms with Crippen molar-refractivity contribution >= 4 is 17.7 Å². The summed E-state index contributed by atoms with van der Waals surface area (Å²) in [7, 11) is 0. The molecule has 27 heavy (non-hydrogen) atoms. The van der Waals surface area contributed by atoms with Crippen molar-refractivity contribution in [2.75, 3.05) is 6.61 Å². The second-order valence-electron chi connectivity index (χ2n) is 7.66. The highest BCUT2D eigenvalue weighted by Crippen LogP contribution is 2.20. The SMILES string of the molecule is CC(C)CCCCCCCCCCC(=O)OC1C(=O)C(=O)O[C@@H]1[C@@H](O)CO. The van der Waals surface area contributed by atoms with Crippen LogP contribution in [0.15, 0.2) is 0 Å². The lowest BCUT2D eigenvalue weighted by Gasteiger charge is -2.20. The Morgan fingerprint density at radius 1 is 1.04 bits per heavy atom. The van der Waals surface area contributed by atoms with Crippen molar-refractivity contribution in [3.05, 3.63) is 0 Å². The highest BCUT2D eigenvalue weighted by atomic mass is 16.6. The Hall–Kier alpha value is -1.47. The van der Waals surface area contributed by atoms with E-state index in [1.54, 1.807) is 0 Å². The van der Waals surface area contributed by atoms with Gasteiger partial charge in [-0.1, -0.05) is 65.2 Å². The second-order valence-corrected chi connectivity index (χ2v) is 7.66. The van der Waals surface area contributed by atoms with Crippen molar-refractivity contribution in [2.45, 2.75) is 96.4 Å². The molecule has 0 saturated carbocycles. The number of rotatable bonds is 14. The number of hydrogen-bond acceptors (Lipinski definition) is 7. The summed E-state index contributed by atoms with van der Waals surface area (Å²) >= 11 is 0. The molecule has 0 amide bonds. The van der Waals surface area contributed by atoms with Crippen LogP contribution in [0.2, 0.25) is 0 Å². The zero-order valence-corrected chi connectivity index (χ0v) is 16.5. The molecule has 7 nitrogen and oxygen atoms in total. The Kier molecular flexibility index (Phi) is 11.2. The van der Waals surface area contributed by atoms with Gasteiger partial charge in [0, 0.05) is 6.42 Å². The van der Waals surface area contributed by atoms with Crippen LogP contribution in [0.25, 0.3) is 0 Å². The molecule has 0 aliphatic carbocycles. The van der Waals surface area contributed by atoms with E-state index in [1.807, 2.05) is 0 Å². The van der Waals surface area contributed by atoms with Crippen molar-refractivity contribution < 1.29 is 34.1 Å². The summed E-state index contributed by atoms with van der Waals surface area (Å²) in [6.45, 7) is 3.79. The Morgan fingerprint density at radius 2 is 1.59 bits per heavy atom. The standard InChI is InChI=1S/C20H34O7/c1-14(2)11-9-7-5-3-4-6-8-10-12-16(23)26-19-17(24)20(25)27-18(19)15(22)13-21/h14-15,18-19,21-22H,3-13H2,1-2H3/t15-,18+,19?/m0/s1. The van der Waals surface area contributed by atoms with Gasteiger partial charge in [0.15, 0.2) is 6.10 Å². The number of carbonyl (C=O) groups is 3. The van der Waals surface area contributed by atoms with Crippen molar-refractivity contribution in [1.82, 2.24) is 0 Å². The predicted octanol–water partition coefficient (Wildman–Crippen LogP) is 2.30. The van der Waals surface area contributed by atoms with Crippen molar-refractivity contribution in [3.63, 3.8) is 0 Å². The minimum absolute atomic E-state index is 0.147. The summed E-state index contributed by atoms with van der Waals surface area (Å²) in [5, 5.41) is 18.5. The third kappa shape index (κ3) is 8.84. The maximum Gasteiger partial charge on any atom is 0.379 e. The van der Waals surface area contributed by atoms with Gasteiger partial charge < -0.3 is 19.7 Å². The van der Waals surface area contributed by atoms with Gasteiger partial charge in [-0.2, -0.15) is 0 Å². The molecule has 1 rings (SSSR count). The fourth-order valence-electron chi connectivity index (χ4n) is 3.10. The Balaban J connectivity index is 2.13. The summed E-state index contributed by atoms with van der Waals surface area (Å²) in [4.78, 5) is 34.9. The maximum absolute atomic E-state index is 11.9. The van der Waals surface area contributed by atoms with Gasteiger partial charge in [-0.3, -0.25) is 9.59 Å². The van der Waals surface area contributed by atoms with Crippen LogP contribution in [0.5, 0.6) is 0 Å². The number of ether oxygens (including phenoxy) is 2. The first-order chi connectivity index (χ1) is 12.9. The summed E-state index contributed by atoms with van der Waals surface area (Å²) in [5.74, 6) is -1.98. The van der Waals surface area contributed by atoms with E-state index in [-0.39, 0.29) is 6.42 Å². The molecule has 0 aromatic carbocycles. The monoisotopic (exact) mass is 386 g/mol. The highest BCUT2D eigenvalue weighted by Gasteiger charge is 2.49. The number of aliphatic hydroxyl groups excluding tert-OH is 2. The number of cyclic esters (lactones) is 1. The van der Waals surface area contributed by atoms with E-state index < -0.39 is 42.6 Å². The number of unbranched alkanes of at least 4 members (excludes halogenated alkanes) is 7. The number of ketones is 1. The minimum Gasteiger partial charge on any atom is -0.450 e. The molecule has 1 fully saturated rings. The zero-order valence-electron chi connectivity index (χ0n) is 16.5. The summed E-state index contributed by atoms with van der Waals surface area (Å²) in [5.41, 5.74) is 0. The molecule has 1 aliphatic heterocycles. The quantitative estimate of drug-likeness (QED) is 0.268. The van der Waals surface area contributed by atoms with Crippen molar-refractivity contribution in [1.29, 1.82) is 0 Å². The van der Waals surface area contributed by atoms with Crippen LogP contribution in [-0.2, 0) is 23.9 Å². The van der Waals surface area contributed by atoms with Crippen LogP contribution < -0.4 is 0 Å². The van der Waals surface area contributed by atoms with Crippen LogP contribution in [0.3, 0.4) is 0 Å². The Bertz CT molecular complexity index is 475. The Morgan fingerprint density at radius 3 is 2.15 bits per heavy atom. The first-order valence-corrected chi connectivity index (χ1v) is 10.1. The first-order valence-electron chi connectivity index (χ1n) is 10.1. The van der Waals surface area contributed by atoms with Crippen LogP contribution in [0.1, 0.15) is 78.1 Å². The topological polar surface area (TPSA) is 110 Å². The molecule has 0 bridgehead atoms. The smallest absolute Gasteiger partial charge is 0.379 e. The normalized spacial score (nSPS) is 20.8. The third-order valence-electron chi connectivity index (χ3n) is 4.74. The number of carbonyl (C=O) groups excluding carboxylic acids is 3. The van der Waals surface area contributed by atoms with E-state index in [0.717, 1.165) is 25.2 Å². The lowest BCUT2D eigenvalue weighted by atomic mass is 10.0. The van der Waals surface area contributed by atoms with Crippen LogP contribution in [-0.4, -0.2) is 52.9 Å². The number of esters is 2. The zero-order chi connectivity index (χ0) is 20.2. The molecule has 1 heterocycles. The summed E-state index contributed by atoms with van der Waals surface area (Å²) in [6, 6.07) is 0. The number of aliphatic hydroxyl groups is 2. The molecule has 0 radical (unpaired) electrons. The van der Waals surface area contributed by atoms with E-state index in [4.69, 9.17) is 9.84 Å². The molecular weight excluding hydrogens is 352 g/mol. The van der Waals surface area contributed by atoms with E-state index in [0.29, 0.717) is 6.42 Å². The summed E-state index contributed by atoms with van der Waals surface area (Å²) in [6.07, 6.45) is 5.94. The van der Waals surface area contributed by atoms with E-state index in [1.165, 1.54) is 32.1 Å². The molecule has 7 heteroatoms. The fourth-order valence-corrected chi connectivity index (χ4v) is 3.10. The molecule has 0 aromatic heterocycles. The van der Waals surface area contributed by atoms with E-state index >= 15 is 0 Å². The first kappa shape index (κ1) is 23.6.